The van der Waals surface area contributed by atoms with Gasteiger partial charge in [0, 0.05) is 19.1 Å². The van der Waals surface area contributed by atoms with Crippen LogP contribution in [0.15, 0.2) is 18.2 Å². The molecule has 0 amide bonds. The quantitative estimate of drug-likeness (QED) is 0.749. The maximum Gasteiger partial charge on any atom is 0.307 e. The minimum atomic E-state index is -0.439. The number of benzene rings is 1. The van der Waals surface area contributed by atoms with E-state index in [1.54, 1.807) is 0 Å². The van der Waals surface area contributed by atoms with Crippen LogP contribution in [-0.4, -0.2) is 42.2 Å². The summed E-state index contributed by atoms with van der Waals surface area (Å²) in [7, 11) is 0. The summed E-state index contributed by atoms with van der Waals surface area (Å²) in [5.74, 6) is -0.158. The average Bonchev–Trinajstić information content (AvgIpc) is 3.05. The number of likely N-dealkylation sites (tertiary alicyclic amines) is 1. The first-order valence-corrected chi connectivity index (χ1v) is 8.99. The normalized spacial score (nSPS) is 26.8. The Hall–Kier alpha value is -0.810. The molecule has 1 aromatic carbocycles. The van der Waals surface area contributed by atoms with E-state index in [1.807, 2.05) is 39.0 Å². The molecule has 2 saturated heterocycles. The van der Waals surface area contributed by atoms with Crippen LogP contribution in [0.3, 0.4) is 0 Å². The number of nitrogens with zero attached hydrogens (tertiary/aromatic N) is 1. The van der Waals surface area contributed by atoms with Gasteiger partial charge >= 0.3 is 5.97 Å². The molecule has 2 bridgehead atoms. The Morgan fingerprint density at radius 3 is 2.79 bits per heavy atom. The Morgan fingerprint density at radius 2 is 2.12 bits per heavy atom. The monoisotopic (exact) mass is 371 g/mol. The third-order valence-electron chi connectivity index (χ3n) is 4.56. The van der Waals surface area contributed by atoms with Gasteiger partial charge in [0.2, 0.25) is 0 Å². The summed E-state index contributed by atoms with van der Waals surface area (Å²) in [6, 6.07) is 6.02. The lowest BCUT2D eigenvalue weighted by Gasteiger charge is -2.33. The predicted molar refractivity (Wildman–Crippen MR) is 94.5 cm³/mol. The first kappa shape index (κ1) is 18.0. The van der Waals surface area contributed by atoms with Crippen molar-refractivity contribution in [1.82, 2.24) is 4.90 Å². The van der Waals surface area contributed by atoms with Crippen LogP contribution >= 0.6 is 23.2 Å². The first-order chi connectivity index (χ1) is 11.2. The van der Waals surface area contributed by atoms with E-state index >= 15 is 0 Å². The van der Waals surface area contributed by atoms with Crippen LogP contribution in [0.1, 0.15) is 39.2 Å². The van der Waals surface area contributed by atoms with Gasteiger partial charge < -0.3 is 9.47 Å². The van der Waals surface area contributed by atoms with Crippen molar-refractivity contribution in [2.75, 3.05) is 19.7 Å². The van der Waals surface area contributed by atoms with Crippen molar-refractivity contribution >= 4 is 29.2 Å². The number of ether oxygens (including phenoxy) is 2. The fourth-order valence-electron chi connectivity index (χ4n) is 3.52. The molecular weight excluding hydrogens is 349 g/mol. The van der Waals surface area contributed by atoms with Gasteiger partial charge in [-0.2, -0.15) is 0 Å². The van der Waals surface area contributed by atoms with Gasteiger partial charge in [-0.25, -0.2) is 0 Å². The van der Waals surface area contributed by atoms with E-state index in [1.165, 1.54) is 0 Å². The van der Waals surface area contributed by atoms with E-state index in [4.69, 9.17) is 32.7 Å². The van der Waals surface area contributed by atoms with E-state index in [0.717, 1.165) is 18.5 Å². The van der Waals surface area contributed by atoms with Crippen LogP contribution < -0.4 is 0 Å². The highest BCUT2D eigenvalue weighted by Gasteiger charge is 2.51. The minimum Gasteiger partial charge on any atom is -0.460 e. The molecule has 3 rings (SSSR count). The smallest absolute Gasteiger partial charge is 0.307 e. The molecule has 2 unspecified atom stereocenters. The third kappa shape index (κ3) is 3.72. The first-order valence-electron chi connectivity index (χ1n) is 8.24. The Kier molecular flexibility index (Phi) is 4.86. The van der Waals surface area contributed by atoms with Crippen LogP contribution in [-0.2, 0) is 19.9 Å². The lowest BCUT2D eigenvalue weighted by atomic mass is 9.93. The Balaban J connectivity index is 1.64. The number of hydrogen-bond acceptors (Lipinski definition) is 4. The molecule has 0 radical (unpaired) electrons. The second-order valence-electron chi connectivity index (χ2n) is 7.60. The number of fused-ring (bicyclic) bond motifs is 2. The van der Waals surface area contributed by atoms with E-state index in [0.29, 0.717) is 35.7 Å². The van der Waals surface area contributed by atoms with E-state index < -0.39 is 5.60 Å². The van der Waals surface area contributed by atoms with Crippen molar-refractivity contribution in [3.05, 3.63) is 33.8 Å². The van der Waals surface area contributed by atoms with Crippen molar-refractivity contribution in [2.45, 2.75) is 50.9 Å². The van der Waals surface area contributed by atoms with Gasteiger partial charge in [-0.05, 0) is 44.9 Å². The Morgan fingerprint density at radius 1 is 1.38 bits per heavy atom. The van der Waals surface area contributed by atoms with Gasteiger partial charge in [-0.15, -0.1) is 0 Å². The summed E-state index contributed by atoms with van der Waals surface area (Å²) >= 11 is 12.2. The number of halogens is 2. The molecule has 2 aliphatic heterocycles. The minimum absolute atomic E-state index is 0.158. The Bertz CT molecular complexity index is 644. The summed E-state index contributed by atoms with van der Waals surface area (Å²) in [5.41, 5.74) is 0.275. The van der Waals surface area contributed by atoms with Gasteiger partial charge in [-0.3, -0.25) is 9.69 Å². The summed E-state index contributed by atoms with van der Waals surface area (Å²) in [4.78, 5) is 14.3. The lowest BCUT2D eigenvalue weighted by molar-refractivity contribution is -0.155. The van der Waals surface area contributed by atoms with Gasteiger partial charge in [-0.1, -0.05) is 29.3 Å². The molecule has 2 fully saturated rings. The van der Waals surface area contributed by atoms with Crippen molar-refractivity contribution < 1.29 is 14.3 Å². The molecule has 2 heterocycles. The number of rotatable bonds is 4. The lowest BCUT2D eigenvalue weighted by Crippen LogP contribution is -2.42. The molecule has 2 atom stereocenters. The molecule has 4 nitrogen and oxygen atoms in total. The van der Waals surface area contributed by atoms with E-state index in [9.17, 15) is 4.79 Å². The van der Waals surface area contributed by atoms with Crippen molar-refractivity contribution in [3.63, 3.8) is 0 Å². The zero-order valence-electron chi connectivity index (χ0n) is 14.3. The summed E-state index contributed by atoms with van der Waals surface area (Å²) in [6.07, 6.45) is 1.31. The molecule has 0 aromatic heterocycles. The molecular formula is C18H23Cl2NO3. The largest absolute Gasteiger partial charge is 0.460 e. The van der Waals surface area contributed by atoms with Crippen molar-refractivity contribution in [2.24, 2.45) is 0 Å². The summed E-state index contributed by atoms with van der Waals surface area (Å²) in [5, 5.41) is 1.09. The van der Waals surface area contributed by atoms with Gasteiger partial charge in [0.05, 0.1) is 23.1 Å². The number of hydrogen-bond donors (Lipinski definition) is 0. The molecule has 0 N–H and O–H groups in total. The number of carbonyl (C=O) groups excluding carboxylic acids is 1. The van der Waals surface area contributed by atoms with E-state index in [-0.39, 0.29) is 11.6 Å². The fourth-order valence-corrected chi connectivity index (χ4v) is 3.82. The van der Waals surface area contributed by atoms with Crippen LogP contribution in [0.4, 0.5) is 0 Å². The zero-order chi connectivity index (χ0) is 17.5. The van der Waals surface area contributed by atoms with Gasteiger partial charge in [0.25, 0.3) is 0 Å². The molecule has 0 saturated carbocycles. The number of esters is 1. The highest BCUT2D eigenvalue weighted by atomic mass is 35.5. The molecule has 6 heteroatoms. The second-order valence-corrected chi connectivity index (χ2v) is 8.41. The standard InChI is InChI=1S/C18H23Cl2NO3/c1-17(2,3)24-16(22)6-7-21-11-18(9-13(21)10-23-18)12-4-5-14(19)15(20)8-12/h4-5,8,13H,6-7,9-11H2,1-3H3. The third-order valence-corrected chi connectivity index (χ3v) is 5.30. The van der Waals surface area contributed by atoms with Crippen LogP contribution in [0.2, 0.25) is 10.0 Å². The molecule has 0 spiro atoms. The van der Waals surface area contributed by atoms with Crippen LogP contribution in [0.5, 0.6) is 0 Å². The molecule has 0 aliphatic carbocycles. The molecule has 132 valence electrons. The van der Waals surface area contributed by atoms with Crippen LogP contribution in [0, 0.1) is 0 Å². The zero-order valence-corrected chi connectivity index (χ0v) is 15.8. The van der Waals surface area contributed by atoms with Gasteiger partial charge in [0.15, 0.2) is 0 Å². The Labute approximate surface area is 153 Å². The number of carbonyl (C=O) groups is 1. The average molecular weight is 372 g/mol. The predicted octanol–water partition coefficient (Wildman–Crippen LogP) is 4.03. The summed E-state index contributed by atoms with van der Waals surface area (Å²) in [6.45, 7) is 7.78. The SMILES string of the molecule is CC(C)(C)OC(=O)CCN1CC2(c3ccc(Cl)c(Cl)c3)CC1CO2. The molecule has 24 heavy (non-hydrogen) atoms. The number of morpholine rings is 1. The highest BCUT2D eigenvalue weighted by molar-refractivity contribution is 6.42. The van der Waals surface area contributed by atoms with Crippen molar-refractivity contribution in [1.29, 1.82) is 0 Å². The summed E-state index contributed by atoms with van der Waals surface area (Å²) < 4.78 is 11.5. The topological polar surface area (TPSA) is 38.8 Å². The van der Waals surface area contributed by atoms with E-state index in [2.05, 4.69) is 4.90 Å². The van der Waals surface area contributed by atoms with Crippen LogP contribution in [0.25, 0.3) is 0 Å². The maximum absolute atomic E-state index is 11.9. The van der Waals surface area contributed by atoms with Crippen molar-refractivity contribution in [3.8, 4) is 0 Å². The van der Waals surface area contributed by atoms with Gasteiger partial charge in [0.1, 0.15) is 11.2 Å². The maximum atomic E-state index is 11.9. The molecule has 1 aromatic rings. The molecule has 2 aliphatic rings. The highest BCUT2D eigenvalue weighted by Crippen LogP contribution is 2.46. The second kappa shape index (κ2) is 6.49. The fraction of sp³-hybridized carbons (Fsp3) is 0.611.